The van der Waals surface area contributed by atoms with Crippen molar-refractivity contribution in [1.29, 1.82) is 0 Å². The van der Waals surface area contributed by atoms with Gasteiger partial charge in [-0.15, -0.1) is 0 Å². The molecule has 0 aliphatic carbocycles. The van der Waals surface area contributed by atoms with Crippen LogP contribution >= 0.6 is 22.6 Å². The Balaban J connectivity index is 1.82. The Bertz CT molecular complexity index is 685. The first-order chi connectivity index (χ1) is 10.6. The van der Waals surface area contributed by atoms with E-state index in [9.17, 15) is 9.59 Å². The summed E-state index contributed by atoms with van der Waals surface area (Å²) in [6.07, 6.45) is 0. The van der Waals surface area contributed by atoms with Gasteiger partial charge in [0.1, 0.15) is 13.2 Å². The van der Waals surface area contributed by atoms with Crippen molar-refractivity contribution >= 4 is 34.5 Å². The molecule has 4 nitrogen and oxygen atoms in total. The number of hydrogen-bond acceptors (Lipinski definition) is 3. The van der Waals surface area contributed by atoms with Gasteiger partial charge in [0.15, 0.2) is 0 Å². The number of carbonyl (C=O) groups excluding carboxylic acids is 2. The lowest BCUT2D eigenvalue weighted by atomic mass is 10.1. The smallest absolute Gasteiger partial charge is 0.325 e. The molecule has 0 aromatic heterocycles. The lowest BCUT2D eigenvalue weighted by Gasteiger charge is -2.09. The number of benzene rings is 2. The highest BCUT2D eigenvalue weighted by molar-refractivity contribution is 14.1. The van der Waals surface area contributed by atoms with E-state index >= 15 is 0 Å². The predicted molar refractivity (Wildman–Crippen MR) is 92.5 cm³/mol. The van der Waals surface area contributed by atoms with Crippen LogP contribution in [0.3, 0.4) is 0 Å². The lowest BCUT2D eigenvalue weighted by molar-refractivity contribution is -0.143. The Hall–Kier alpha value is -1.89. The third kappa shape index (κ3) is 4.56. The molecule has 22 heavy (non-hydrogen) atoms. The average molecular weight is 409 g/mol. The maximum Gasteiger partial charge on any atom is 0.325 e. The molecule has 0 unspecified atom stereocenters. The SMILES string of the molecule is Cc1ccccc1COC(=O)CNC(=O)c1ccccc1I. The summed E-state index contributed by atoms with van der Waals surface area (Å²) in [6.45, 7) is 2.03. The average Bonchev–Trinajstić information content (AvgIpc) is 2.52. The zero-order valence-electron chi connectivity index (χ0n) is 12.1. The summed E-state index contributed by atoms with van der Waals surface area (Å²) in [4.78, 5) is 23.7. The largest absolute Gasteiger partial charge is 0.459 e. The molecule has 0 spiro atoms. The van der Waals surface area contributed by atoms with Gasteiger partial charge < -0.3 is 10.1 Å². The summed E-state index contributed by atoms with van der Waals surface area (Å²) >= 11 is 2.08. The van der Waals surface area contributed by atoms with Crippen molar-refractivity contribution in [3.05, 3.63) is 68.8 Å². The molecule has 0 bridgehead atoms. The maximum absolute atomic E-state index is 12.0. The van der Waals surface area contributed by atoms with Crippen molar-refractivity contribution in [3.63, 3.8) is 0 Å². The Morgan fingerprint density at radius 1 is 1.09 bits per heavy atom. The molecule has 0 saturated carbocycles. The van der Waals surface area contributed by atoms with Crippen LogP contribution in [0.25, 0.3) is 0 Å². The Morgan fingerprint density at radius 2 is 1.77 bits per heavy atom. The molecule has 0 heterocycles. The van der Waals surface area contributed by atoms with Crippen molar-refractivity contribution < 1.29 is 14.3 Å². The highest BCUT2D eigenvalue weighted by Gasteiger charge is 2.11. The highest BCUT2D eigenvalue weighted by atomic mass is 127. The topological polar surface area (TPSA) is 55.4 Å². The van der Waals surface area contributed by atoms with Gasteiger partial charge in [-0.05, 0) is 52.8 Å². The van der Waals surface area contributed by atoms with Crippen LogP contribution in [0.5, 0.6) is 0 Å². The van der Waals surface area contributed by atoms with E-state index in [1.54, 1.807) is 12.1 Å². The van der Waals surface area contributed by atoms with Gasteiger partial charge in [0, 0.05) is 3.57 Å². The van der Waals surface area contributed by atoms with Crippen molar-refractivity contribution in [1.82, 2.24) is 5.32 Å². The van der Waals surface area contributed by atoms with Crippen LogP contribution in [0.2, 0.25) is 0 Å². The van der Waals surface area contributed by atoms with Crippen LogP contribution in [-0.4, -0.2) is 18.4 Å². The summed E-state index contributed by atoms with van der Waals surface area (Å²) in [5.41, 5.74) is 2.58. The number of amides is 1. The maximum atomic E-state index is 12.0. The number of carbonyl (C=O) groups is 2. The molecule has 0 fully saturated rings. The Morgan fingerprint density at radius 3 is 2.50 bits per heavy atom. The molecule has 0 atom stereocenters. The minimum absolute atomic E-state index is 0.143. The molecule has 2 aromatic carbocycles. The van der Waals surface area contributed by atoms with Gasteiger partial charge in [0.2, 0.25) is 0 Å². The first-order valence-corrected chi connectivity index (χ1v) is 7.88. The number of esters is 1. The first-order valence-electron chi connectivity index (χ1n) is 6.81. The van der Waals surface area contributed by atoms with Crippen LogP contribution in [0, 0.1) is 10.5 Å². The molecule has 0 saturated heterocycles. The van der Waals surface area contributed by atoms with Gasteiger partial charge in [0.25, 0.3) is 5.91 Å². The number of nitrogens with one attached hydrogen (secondary N) is 1. The minimum atomic E-state index is -0.456. The molecule has 0 aliphatic heterocycles. The van der Waals surface area contributed by atoms with Crippen LogP contribution in [-0.2, 0) is 16.1 Å². The Kier molecular flexibility index (Phi) is 5.94. The van der Waals surface area contributed by atoms with Crippen molar-refractivity contribution in [2.75, 3.05) is 6.54 Å². The van der Waals surface area contributed by atoms with Crippen LogP contribution in [0.4, 0.5) is 0 Å². The van der Waals surface area contributed by atoms with E-state index in [4.69, 9.17) is 4.74 Å². The minimum Gasteiger partial charge on any atom is -0.459 e. The normalized spacial score (nSPS) is 10.1. The van der Waals surface area contributed by atoms with Crippen LogP contribution in [0.15, 0.2) is 48.5 Å². The van der Waals surface area contributed by atoms with Crippen LogP contribution in [0.1, 0.15) is 21.5 Å². The highest BCUT2D eigenvalue weighted by Crippen LogP contribution is 2.11. The van der Waals surface area contributed by atoms with Crippen LogP contribution < -0.4 is 5.32 Å². The summed E-state index contributed by atoms with van der Waals surface area (Å²) < 4.78 is 6.01. The lowest BCUT2D eigenvalue weighted by Crippen LogP contribution is -2.31. The van der Waals surface area contributed by atoms with E-state index in [2.05, 4.69) is 27.9 Å². The molecule has 2 rings (SSSR count). The quantitative estimate of drug-likeness (QED) is 0.610. The second kappa shape index (κ2) is 7.93. The number of aryl methyl sites for hydroxylation is 1. The van der Waals surface area contributed by atoms with E-state index in [1.165, 1.54) is 0 Å². The summed E-state index contributed by atoms with van der Waals surface area (Å²) in [6, 6.07) is 14.9. The summed E-state index contributed by atoms with van der Waals surface area (Å²) in [5, 5.41) is 2.57. The van der Waals surface area contributed by atoms with E-state index in [0.717, 1.165) is 14.7 Å². The van der Waals surface area contributed by atoms with Gasteiger partial charge in [-0.3, -0.25) is 9.59 Å². The first kappa shape index (κ1) is 16.5. The molecule has 1 amide bonds. The molecule has 114 valence electrons. The van der Waals surface area contributed by atoms with Crippen molar-refractivity contribution in [2.24, 2.45) is 0 Å². The zero-order chi connectivity index (χ0) is 15.9. The predicted octanol–water partition coefficient (Wildman–Crippen LogP) is 3.07. The second-order valence-electron chi connectivity index (χ2n) is 4.75. The molecule has 5 heteroatoms. The molecular formula is C17H16INO3. The Labute approximate surface area is 143 Å². The third-order valence-electron chi connectivity index (χ3n) is 3.16. The third-order valence-corrected chi connectivity index (χ3v) is 4.10. The molecule has 2 aromatic rings. The fraction of sp³-hybridized carbons (Fsp3) is 0.176. The summed E-state index contributed by atoms with van der Waals surface area (Å²) in [5.74, 6) is -0.736. The zero-order valence-corrected chi connectivity index (χ0v) is 14.3. The van der Waals surface area contributed by atoms with E-state index in [0.29, 0.717) is 5.56 Å². The molecule has 0 aliphatic rings. The molecule has 1 N–H and O–H groups in total. The van der Waals surface area contributed by atoms with Gasteiger partial charge in [-0.2, -0.15) is 0 Å². The van der Waals surface area contributed by atoms with Crippen molar-refractivity contribution in [3.8, 4) is 0 Å². The number of ether oxygens (including phenoxy) is 1. The second-order valence-corrected chi connectivity index (χ2v) is 5.91. The summed E-state index contributed by atoms with van der Waals surface area (Å²) in [7, 11) is 0. The van der Waals surface area contributed by atoms with Crippen molar-refractivity contribution in [2.45, 2.75) is 13.5 Å². The number of rotatable bonds is 5. The van der Waals surface area contributed by atoms with E-state index in [1.807, 2.05) is 43.3 Å². The van der Waals surface area contributed by atoms with Gasteiger partial charge in [-0.25, -0.2) is 0 Å². The molecular weight excluding hydrogens is 393 g/mol. The monoisotopic (exact) mass is 409 g/mol. The standard InChI is InChI=1S/C17H16INO3/c1-12-6-2-3-7-13(12)11-22-16(20)10-19-17(21)14-8-4-5-9-15(14)18/h2-9H,10-11H2,1H3,(H,19,21). The van der Waals surface area contributed by atoms with Gasteiger partial charge >= 0.3 is 5.97 Å². The van der Waals surface area contributed by atoms with Gasteiger partial charge in [-0.1, -0.05) is 36.4 Å². The van der Waals surface area contributed by atoms with Gasteiger partial charge in [0.05, 0.1) is 5.56 Å². The molecule has 0 radical (unpaired) electrons. The fourth-order valence-electron chi connectivity index (χ4n) is 1.87. The van der Waals surface area contributed by atoms with E-state index < -0.39 is 5.97 Å². The number of halogens is 1. The van der Waals surface area contributed by atoms with E-state index in [-0.39, 0.29) is 19.1 Å². The number of hydrogen-bond donors (Lipinski definition) is 1. The fourth-order valence-corrected chi connectivity index (χ4v) is 2.51.